The van der Waals surface area contributed by atoms with Gasteiger partial charge in [-0.2, -0.15) is 0 Å². The molecule has 1 aromatic carbocycles. The molecule has 0 saturated carbocycles. The lowest BCUT2D eigenvalue weighted by Crippen LogP contribution is -1.72. The summed E-state index contributed by atoms with van der Waals surface area (Å²) in [5.41, 5.74) is 2.83. The number of benzene rings is 1. The lowest BCUT2D eigenvalue weighted by atomic mass is 10.2. The van der Waals surface area contributed by atoms with E-state index in [-0.39, 0.29) is 0 Å². The molecule has 0 bridgehead atoms. The van der Waals surface area contributed by atoms with Crippen molar-refractivity contribution in [2.24, 2.45) is 0 Å². The number of aromatic nitrogens is 3. The van der Waals surface area contributed by atoms with E-state index < -0.39 is 0 Å². The summed E-state index contributed by atoms with van der Waals surface area (Å²) in [4.78, 5) is 0. The van der Waals surface area contributed by atoms with E-state index in [0.29, 0.717) is 0 Å². The van der Waals surface area contributed by atoms with Crippen molar-refractivity contribution in [3.8, 4) is 0 Å². The zero-order valence-corrected chi connectivity index (χ0v) is 5.55. The molecule has 10 heavy (non-hydrogen) atoms. The fourth-order valence-electron chi connectivity index (χ4n) is 0.881. The van der Waals surface area contributed by atoms with E-state index >= 15 is 0 Å². The van der Waals surface area contributed by atoms with Crippen LogP contribution < -0.4 is 0 Å². The Morgan fingerprint density at radius 1 is 1.50 bits per heavy atom. The number of aryl methyl sites for hydroxylation is 1. The number of aromatic amines is 1. The molecule has 1 aromatic heterocycles. The van der Waals surface area contributed by atoms with Crippen LogP contribution in [0.1, 0.15) is 5.56 Å². The third-order valence-electron chi connectivity index (χ3n) is 1.39. The average Bonchev–Trinajstić information content (AvgIpc) is 2.33. The minimum Gasteiger partial charge on any atom is -0.258 e. The van der Waals surface area contributed by atoms with E-state index in [9.17, 15) is 0 Å². The van der Waals surface area contributed by atoms with E-state index in [0.717, 1.165) is 16.6 Å². The Bertz CT molecular complexity index is 350. The van der Waals surface area contributed by atoms with E-state index in [1.54, 1.807) is 0 Å². The number of hydrogen-bond donors (Lipinski definition) is 1. The summed E-state index contributed by atoms with van der Waals surface area (Å²) in [6.07, 6.45) is 0. The number of hydrogen-bond acceptors (Lipinski definition) is 2. The molecule has 3 nitrogen and oxygen atoms in total. The molecule has 3 heteroatoms. The van der Waals surface area contributed by atoms with Gasteiger partial charge in [0.2, 0.25) is 0 Å². The second-order valence-corrected chi connectivity index (χ2v) is 2.22. The van der Waals surface area contributed by atoms with Crippen molar-refractivity contribution < 1.29 is 0 Å². The first-order valence-electron chi connectivity index (χ1n) is 3.06. The predicted molar refractivity (Wildman–Crippen MR) is 37.5 cm³/mol. The molecular weight excluding hydrogens is 126 g/mol. The lowest BCUT2D eigenvalue weighted by Gasteiger charge is -1.86. The molecule has 0 amide bonds. The van der Waals surface area contributed by atoms with Crippen molar-refractivity contribution in [1.82, 2.24) is 15.4 Å². The normalized spacial score (nSPS) is 10.5. The SMILES string of the molecule is Cc1[c]c2nn[nH]c2cc1. The zero-order chi connectivity index (χ0) is 6.97. The van der Waals surface area contributed by atoms with Gasteiger partial charge < -0.3 is 0 Å². The summed E-state index contributed by atoms with van der Waals surface area (Å²) in [5.74, 6) is 0. The van der Waals surface area contributed by atoms with Crippen LogP contribution in [0.15, 0.2) is 12.1 Å². The Morgan fingerprint density at radius 2 is 2.40 bits per heavy atom. The van der Waals surface area contributed by atoms with Crippen molar-refractivity contribution in [1.29, 1.82) is 0 Å². The molecule has 0 spiro atoms. The van der Waals surface area contributed by atoms with Gasteiger partial charge in [-0.05, 0) is 18.6 Å². The maximum atomic E-state index is 3.82. The van der Waals surface area contributed by atoms with Gasteiger partial charge in [-0.3, -0.25) is 5.10 Å². The number of nitrogens with zero attached hydrogens (tertiary/aromatic N) is 2. The summed E-state index contributed by atoms with van der Waals surface area (Å²) in [5, 5.41) is 10.2. The van der Waals surface area contributed by atoms with Crippen LogP contribution in [0.4, 0.5) is 0 Å². The fourth-order valence-corrected chi connectivity index (χ4v) is 0.881. The van der Waals surface area contributed by atoms with Crippen LogP contribution in [0, 0.1) is 13.0 Å². The van der Waals surface area contributed by atoms with Gasteiger partial charge >= 0.3 is 0 Å². The van der Waals surface area contributed by atoms with Crippen molar-refractivity contribution in [2.75, 3.05) is 0 Å². The zero-order valence-electron chi connectivity index (χ0n) is 5.55. The number of nitrogens with one attached hydrogen (secondary N) is 1. The standard InChI is InChI=1S/C7H6N3/c1-5-2-3-6-7(4-5)9-10-8-6/h2-3H,1H3,(H,8,9,10). The first-order chi connectivity index (χ1) is 4.86. The Morgan fingerprint density at radius 3 is 3.30 bits per heavy atom. The maximum Gasteiger partial charge on any atom is 0.121 e. The molecule has 2 rings (SSSR count). The van der Waals surface area contributed by atoms with Crippen LogP contribution in [-0.4, -0.2) is 15.4 Å². The molecule has 0 unspecified atom stereocenters. The van der Waals surface area contributed by atoms with Gasteiger partial charge in [0.05, 0.1) is 5.52 Å². The van der Waals surface area contributed by atoms with Crippen molar-refractivity contribution in [3.63, 3.8) is 0 Å². The van der Waals surface area contributed by atoms with Gasteiger partial charge in [0.25, 0.3) is 0 Å². The van der Waals surface area contributed by atoms with Crippen LogP contribution in [0.3, 0.4) is 0 Å². The molecule has 49 valence electrons. The van der Waals surface area contributed by atoms with E-state index in [1.807, 2.05) is 19.1 Å². The monoisotopic (exact) mass is 132 g/mol. The molecule has 0 aliphatic carbocycles. The van der Waals surface area contributed by atoms with Gasteiger partial charge in [0, 0.05) is 6.07 Å². The summed E-state index contributed by atoms with van der Waals surface area (Å²) in [7, 11) is 0. The Labute approximate surface area is 58.1 Å². The summed E-state index contributed by atoms with van der Waals surface area (Å²) in [6.45, 7) is 1.98. The van der Waals surface area contributed by atoms with Gasteiger partial charge in [-0.15, -0.1) is 5.10 Å². The number of fused-ring (bicyclic) bond motifs is 1. The topological polar surface area (TPSA) is 41.6 Å². The van der Waals surface area contributed by atoms with Gasteiger partial charge in [-0.25, -0.2) is 0 Å². The number of rotatable bonds is 0. The van der Waals surface area contributed by atoms with E-state index in [1.165, 1.54) is 0 Å². The van der Waals surface area contributed by atoms with Gasteiger partial charge in [-0.1, -0.05) is 11.3 Å². The highest BCUT2D eigenvalue weighted by atomic mass is 15.3. The fraction of sp³-hybridized carbons (Fsp3) is 0.143. The summed E-state index contributed by atoms with van der Waals surface area (Å²) in [6, 6.07) is 6.98. The minimum absolute atomic E-state index is 0.806. The molecule has 0 fully saturated rings. The summed E-state index contributed by atoms with van der Waals surface area (Å²) >= 11 is 0. The maximum absolute atomic E-state index is 3.82. The molecule has 0 atom stereocenters. The molecule has 0 aliphatic heterocycles. The highest BCUT2D eigenvalue weighted by Gasteiger charge is 1.94. The number of H-pyrrole nitrogens is 1. The van der Waals surface area contributed by atoms with Crippen LogP contribution in [0.5, 0.6) is 0 Å². The quantitative estimate of drug-likeness (QED) is 0.582. The highest BCUT2D eigenvalue weighted by Crippen LogP contribution is 2.07. The van der Waals surface area contributed by atoms with Crippen molar-refractivity contribution >= 4 is 11.0 Å². The Kier molecular flexibility index (Phi) is 0.974. The molecule has 2 aromatic rings. The average molecular weight is 132 g/mol. The van der Waals surface area contributed by atoms with E-state index in [2.05, 4.69) is 21.5 Å². The predicted octanol–water partition coefficient (Wildman–Crippen LogP) is 1.07. The minimum atomic E-state index is 0.806. The largest absolute Gasteiger partial charge is 0.258 e. The van der Waals surface area contributed by atoms with Crippen LogP contribution in [0.2, 0.25) is 0 Å². The Hall–Kier alpha value is -1.38. The molecule has 0 saturated heterocycles. The highest BCUT2D eigenvalue weighted by molar-refractivity contribution is 5.73. The molecule has 0 aliphatic rings. The van der Waals surface area contributed by atoms with Crippen molar-refractivity contribution in [3.05, 3.63) is 23.8 Å². The van der Waals surface area contributed by atoms with Gasteiger partial charge in [0.15, 0.2) is 0 Å². The van der Waals surface area contributed by atoms with Gasteiger partial charge in [0.1, 0.15) is 5.52 Å². The van der Waals surface area contributed by atoms with E-state index in [4.69, 9.17) is 0 Å². The van der Waals surface area contributed by atoms with Crippen LogP contribution in [-0.2, 0) is 0 Å². The first-order valence-corrected chi connectivity index (χ1v) is 3.06. The lowest BCUT2D eigenvalue weighted by molar-refractivity contribution is 0.959. The Balaban J connectivity index is 2.86. The second-order valence-electron chi connectivity index (χ2n) is 2.22. The molecule has 1 heterocycles. The van der Waals surface area contributed by atoms with Crippen LogP contribution >= 0.6 is 0 Å². The molecule has 1 N–H and O–H groups in total. The van der Waals surface area contributed by atoms with Crippen LogP contribution in [0.25, 0.3) is 11.0 Å². The molecule has 1 radical (unpaired) electrons. The second kappa shape index (κ2) is 1.80. The van der Waals surface area contributed by atoms with Crippen molar-refractivity contribution in [2.45, 2.75) is 6.92 Å². The first kappa shape index (κ1) is 5.41. The smallest absolute Gasteiger partial charge is 0.121 e. The molecular formula is C7H6N3. The third kappa shape index (κ3) is 0.673. The third-order valence-corrected chi connectivity index (χ3v) is 1.39. The summed E-state index contributed by atoms with van der Waals surface area (Å²) < 4.78 is 0.